The van der Waals surface area contributed by atoms with Crippen molar-refractivity contribution < 1.29 is 14.1 Å². The molecule has 7 heteroatoms. The lowest BCUT2D eigenvalue weighted by molar-refractivity contribution is -0.385. The van der Waals surface area contributed by atoms with Gasteiger partial charge in [0.15, 0.2) is 0 Å². The monoisotopic (exact) mass is 255 g/mol. The first-order chi connectivity index (χ1) is 8.20. The van der Waals surface area contributed by atoms with Gasteiger partial charge in [-0.05, 0) is 26.0 Å². The summed E-state index contributed by atoms with van der Waals surface area (Å²) >= 11 is 0. The molecular formula is C11H14FN3O3. The molecule has 0 aliphatic heterocycles. The molecule has 0 heterocycles. The smallest absolute Gasteiger partial charge is 0.282 e. The van der Waals surface area contributed by atoms with Crippen LogP contribution in [0.15, 0.2) is 18.2 Å². The molecule has 6 nitrogen and oxygen atoms in total. The van der Waals surface area contributed by atoms with E-state index in [4.69, 9.17) is 5.73 Å². The van der Waals surface area contributed by atoms with Gasteiger partial charge in [0.1, 0.15) is 11.4 Å². The van der Waals surface area contributed by atoms with Gasteiger partial charge in [-0.25, -0.2) is 4.39 Å². The minimum Gasteiger partial charge on any atom is -0.350 e. The molecule has 98 valence electrons. The van der Waals surface area contributed by atoms with Crippen LogP contribution in [-0.2, 0) is 0 Å². The highest BCUT2D eigenvalue weighted by molar-refractivity contribution is 5.98. The number of carbonyl (C=O) groups excluding carboxylic acids is 1. The first-order valence-corrected chi connectivity index (χ1v) is 5.22. The summed E-state index contributed by atoms with van der Waals surface area (Å²) < 4.78 is 13.0. The molecule has 3 N–H and O–H groups in total. The summed E-state index contributed by atoms with van der Waals surface area (Å²) in [6, 6.07) is 2.72. The number of amides is 1. The van der Waals surface area contributed by atoms with Gasteiger partial charge in [0.25, 0.3) is 11.6 Å². The molecule has 1 aromatic rings. The van der Waals surface area contributed by atoms with Gasteiger partial charge >= 0.3 is 0 Å². The van der Waals surface area contributed by atoms with Crippen molar-refractivity contribution >= 4 is 11.6 Å². The summed E-state index contributed by atoms with van der Waals surface area (Å²) in [5, 5.41) is 13.1. The summed E-state index contributed by atoms with van der Waals surface area (Å²) in [6.07, 6.45) is 0. The van der Waals surface area contributed by atoms with Crippen LogP contribution in [0.3, 0.4) is 0 Å². The van der Waals surface area contributed by atoms with Gasteiger partial charge in [-0.2, -0.15) is 0 Å². The van der Waals surface area contributed by atoms with Crippen molar-refractivity contribution in [3.05, 3.63) is 39.7 Å². The first kappa shape index (κ1) is 14.0. The van der Waals surface area contributed by atoms with E-state index < -0.39 is 27.9 Å². The van der Waals surface area contributed by atoms with Crippen molar-refractivity contribution in [1.29, 1.82) is 0 Å². The average molecular weight is 255 g/mol. The summed E-state index contributed by atoms with van der Waals surface area (Å²) in [5.41, 5.74) is 4.26. The Morgan fingerprint density at radius 3 is 2.67 bits per heavy atom. The Bertz CT molecular complexity index is 483. The van der Waals surface area contributed by atoms with Crippen LogP contribution in [0.25, 0.3) is 0 Å². The number of nitro benzene ring substituents is 1. The highest BCUT2D eigenvalue weighted by atomic mass is 19.1. The number of halogens is 1. The van der Waals surface area contributed by atoms with E-state index in [2.05, 4.69) is 5.32 Å². The maximum atomic E-state index is 13.0. The van der Waals surface area contributed by atoms with Crippen LogP contribution in [0.4, 0.5) is 10.1 Å². The molecule has 1 amide bonds. The standard InChI is InChI=1S/C11H14FN3O3/c1-11(2,13)6-14-10(16)8-5-7(12)3-4-9(8)15(17)18/h3-5H,6,13H2,1-2H3,(H,14,16). The molecule has 18 heavy (non-hydrogen) atoms. The number of nitrogens with one attached hydrogen (secondary N) is 1. The van der Waals surface area contributed by atoms with E-state index in [-0.39, 0.29) is 12.1 Å². The quantitative estimate of drug-likeness (QED) is 0.623. The van der Waals surface area contributed by atoms with Crippen LogP contribution in [0.2, 0.25) is 0 Å². The zero-order chi connectivity index (χ0) is 13.9. The topological polar surface area (TPSA) is 98.3 Å². The largest absolute Gasteiger partial charge is 0.350 e. The van der Waals surface area contributed by atoms with Crippen molar-refractivity contribution in [3.63, 3.8) is 0 Å². The molecule has 0 aliphatic carbocycles. The minimum atomic E-state index is -0.734. The molecular weight excluding hydrogens is 241 g/mol. The lowest BCUT2D eigenvalue weighted by atomic mass is 10.1. The van der Waals surface area contributed by atoms with Crippen LogP contribution in [0.5, 0.6) is 0 Å². The number of rotatable bonds is 4. The number of nitrogens with two attached hydrogens (primary N) is 1. The third kappa shape index (κ3) is 3.77. The zero-order valence-corrected chi connectivity index (χ0v) is 10.1. The van der Waals surface area contributed by atoms with Crippen LogP contribution in [0.1, 0.15) is 24.2 Å². The minimum absolute atomic E-state index is 0.125. The van der Waals surface area contributed by atoms with E-state index in [1.807, 2.05) is 0 Å². The number of benzene rings is 1. The highest BCUT2D eigenvalue weighted by Crippen LogP contribution is 2.19. The fourth-order valence-electron chi connectivity index (χ4n) is 1.25. The van der Waals surface area contributed by atoms with Crippen molar-refractivity contribution in [1.82, 2.24) is 5.32 Å². The van der Waals surface area contributed by atoms with Crippen LogP contribution in [0, 0.1) is 15.9 Å². The molecule has 0 saturated heterocycles. The Morgan fingerprint density at radius 1 is 1.56 bits per heavy atom. The van der Waals surface area contributed by atoms with E-state index in [1.165, 1.54) is 0 Å². The average Bonchev–Trinajstić information content (AvgIpc) is 2.24. The maximum Gasteiger partial charge on any atom is 0.282 e. The van der Waals surface area contributed by atoms with Gasteiger partial charge in [-0.1, -0.05) is 0 Å². The second-order valence-corrected chi connectivity index (χ2v) is 4.59. The summed E-state index contributed by atoms with van der Waals surface area (Å²) in [4.78, 5) is 21.7. The Kier molecular flexibility index (Phi) is 3.97. The molecule has 0 spiro atoms. The molecule has 0 unspecified atom stereocenters. The molecule has 1 aromatic carbocycles. The lowest BCUT2D eigenvalue weighted by Gasteiger charge is -2.18. The third-order valence-electron chi connectivity index (χ3n) is 2.10. The van der Waals surface area contributed by atoms with E-state index in [0.29, 0.717) is 0 Å². The number of carbonyl (C=O) groups is 1. The van der Waals surface area contributed by atoms with Crippen molar-refractivity contribution in [2.45, 2.75) is 19.4 Å². The molecule has 0 bridgehead atoms. The zero-order valence-electron chi connectivity index (χ0n) is 10.1. The summed E-state index contributed by atoms with van der Waals surface area (Å²) in [6.45, 7) is 3.50. The van der Waals surface area contributed by atoms with Crippen LogP contribution < -0.4 is 11.1 Å². The van der Waals surface area contributed by atoms with Crippen molar-refractivity contribution in [3.8, 4) is 0 Å². The van der Waals surface area contributed by atoms with Gasteiger partial charge in [-0.3, -0.25) is 14.9 Å². The molecule has 0 fully saturated rings. The van der Waals surface area contributed by atoms with Gasteiger partial charge in [0, 0.05) is 18.2 Å². The van der Waals surface area contributed by atoms with E-state index in [1.54, 1.807) is 13.8 Å². The Hall–Kier alpha value is -2.02. The molecule has 0 saturated carbocycles. The first-order valence-electron chi connectivity index (χ1n) is 5.22. The summed E-state index contributed by atoms with van der Waals surface area (Å²) in [5.74, 6) is -1.43. The molecule has 0 aliphatic rings. The highest BCUT2D eigenvalue weighted by Gasteiger charge is 2.22. The van der Waals surface area contributed by atoms with Crippen LogP contribution >= 0.6 is 0 Å². The molecule has 1 rings (SSSR count). The number of nitrogens with zero attached hydrogens (tertiary/aromatic N) is 1. The number of nitro groups is 1. The van der Waals surface area contributed by atoms with Crippen molar-refractivity contribution in [2.75, 3.05) is 6.54 Å². The van der Waals surface area contributed by atoms with Crippen LogP contribution in [-0.4, -0.2) is 22.9 Å². The van der Waals surface area contributed by atoms with Gasteiger partial charge < -0.3 is 11.1 Å². The van der Waals surface area contributed by atoms with E-state index in [0.717, 1.165) is 18.2 Å². The van der Waals surface area contributed by atoms with E-state index >= 15 is 0 Å². The van der Waals surface area contributed by atoms with Gasteiger partial charge in [0.2, 0.25) is 0 Å². The van der Waals surface area contributed by atoms with Gasteiger partial charge in [0.05, 0.1) is 4.92 Å². The fraction of sp³-hybridized carbons (Fsp3) is 0.364. The van der Waals surface area contributed by atoms with Crippen molar-refractivity contribution in [2.24, 2.45) is 5.73 Å². The molecule has 0 atom stereocenters. The van der Waals surface area contributed by atoms with Gasteiger partial charge in [-0.15, -0.1) is 0 Å². The SMILES string of the molecule is CC(C)(N)CNC(=O)c1cc(F)ccc1[N+](=O)[O-]. The molecule has 0 aromatic heterocycles. The predicted molar refractivity (Wildman–Crippen MR) is 63.7 cm³/mol. The van der Waals surface area contributed by atoms with E-state index in [9.17, 15) is 19.3 Å². The third-order valence-corrected chi connectivity index (χ3v) is 2.10. The normalized spacial score (nSPS) is 11.1. The Labute approximate surface area is 103 Å². The second kappa shape index (κ2) is 5.09. The Balaban J connectivity index is 2.97. The fourth-order valence-corrected chi connectivity index (χ4v) is 1.25. The number of hydrogen-bond donors (Lipinski definition) is 2. The summed E-state index contributed by atoms with van der Waals surface area (Å²) in [7, 11) is 0. The maximum absolute atomic E-state index is 13.0. The predicted octanol–water partition coefficient (Wildman–Crippen LogP) is 1.20. The second-order valence-electron chi connectivity index (χ2n) is 4.59. The Morgan fingerprint density at radius 2 is 2.17 bits per heavy atom. The molecule has 0 radical (unpaired) electrons. The lowest BCUT2D eigenvalue weighted by Crippen LogP contribution is -2.45. The number of hydrogen-bond acceptors (Lipinski definition) is 4.